The van der Waals surface area contributed by atoms with Crippen LogP contribution in [0.2, 0.25) is 0 Å². The van der Waals surface area contributed by atoms with Crippen LogP contribution in [0.4, 0.5) is 11.4 Å². The molecule has 1 heterocycles. The predicted octanol–water partition coefficient (Wildman–Crippen LogP) is 4.58. The number of rotatable bonds is 5. The predicted molar refractivity (Wildman–Crippen MR) is 123 cm³/mol. The summed E-state index contributed by atoms with van der Waals surface area (Å²) >= 11 is 0. The molecule has 6 heteroatoms. The number of anilines is 2. The van der Waals surface area contributed by atoms with Gasteiger partial charge in [-0.3, -0.25) is 9.59 Å². The van der Waals surface area contributed by atoms with Crippen LogP contribution in [0.25, 0.3) is 5.57 Å². The molecule has 1 aliphatic rings. The summed E-state index contributed by atoms with van der Waals surface area (Å²) in [4.78, 5) is 28.1. The number of nitriles is 1. The molecule has 0 radical (unpaired) electrons. The van der Waals surface area contributed by atoms with Gasteiger partial charge in [0.2, 0.25) is 0 Å². The van der Waals surface area contributed by atoms with E-state index in [1.807, 2.05) is 38.1 Å². The van der Waals surface area contributed by atoms with Gasteiger partial charge in [-0.1, -0.05) is 18.2 Å². The van der Waals surface area contributed by atoms with Gasteiger partial charge in [0.05, 0.1) is 30.0 Å². The van der Waals surface area contributed by atoms with Crippen LogP contribution < -0.4 is 15.0 Å². The third-order valence-corrected chi connectivity index (χ3v) is 5.49. The maximum Gasteiger partial charge on any atom is 0.282 e. The van der Waals surface area contributed by atoms with Crippen molar-refractivity contribution in [1.82, 2.24) is 0 Å². The summed E-state index contributed by atoms with van der Waals surface area (Å²) in [6.45, 7) is 3.96. The van der Waals surface area contributed by atoms with Crippen molar-refractivity contribution in [2.24, 2.45) is 0 Å². The fourth-order valence-corrected chi connectivity index (χ4v) is 3.55. The molecule has 4 rings (SSSR count). The molecule has 32 heavy (non-hydrogen) atoms. The fourth-order valence-electron chi connectivity index (χ4n) is 3.55. The van der Waals surface area contributed by atoms with Crippen molar-refractivity contribution >= 4 is 28.8 Å². The Balaban J connectivity index is 1.80. The molecule has 0 atom stereocenters. The Bertz CT molecular complexity index is 1280. The highest BCUT2D eigenvalue weighted by molar-refractivity contribution is 6.46. The number of imide groups is 1. The van der Waals surface area contributed by atoms with Gasteiger partial charge >= 0.3 is 0 Å². The Morgan fingerprint density at radius 3 is 2.16 bits per heavy atom. The van der Waals surface area contributed by atoms with Gasteiger partial charge in [0, 0.05) is 5.69 Å². The Morgan fingerprint density at radius 2 is 1.56 bits per heavy atom. The molecule has 0 saturated carbocycles. The fraction of sp³-hybridized carbons (Fsp3) is 0.115. The average Bonchev–Trinajstić information content (AvgIpc) is 3.05. The minimum absolute atomic E-state index is 0.202. The van der Waals surface area contributed by atoms with Gasteiger partial charge in [0.25, 0.3) is 11.8 Å². The van der Waals surface area contributed by atoms with Crippen molar-refractivity contribution in [2.45, 2.75) is 13.8 Å². The van der Waals surface area contributed by atoms with E-state index in [1.165, 1.54) is 0 Å². The first-order valence-corrected chi connectivity index (χ1v) is 10.0. The molecule has 158 valence electrons. The Kier molecular flexibility index (Phi) is 5.48. The molecule has 0 saturated heterocycles. The van der Waals surface area contributed by atoms with Gasteiger partial charge in [-0.25, -0.2) is 4.90 Å². The zero-order chi connectivity index (χ0) is 22.8. The molecule has 6 nitrogen and oxygen atoms in total. The number of aryl methyl sites for hydroxylation is 2. The molecule has 0 aromatic heterocycles. The van der Waals surface area contributed by atoms with Crippen LogP contribution in [0.1, 0.15) is 22.3 Å². The van der Waals surface area contributed by atoms with Crippen LogP contribution in [0.5, 0.6) is 5.75 Å². The highest BCUT2D eigenvalue weighted by atomic mass is 16.5. The number of amides is 2. The maximum atomic E-state index is 13.5. The van der Waals surface area contributed by atoms with Gasteiger partial charge < -0.3 is 10.1 Å². The number of carbonyl (C=O) groups excluding carboxylic acids is 2. The van der Waals surface area contributed by atoms with Crippen molar-refractivity contribution in [2.75, 3.05) is 17.3 Å². The number of carbonyl (C=O) groups is 2. The van der Waals surface area contributed by atoms with Gasteiger partial charge in [0.15, 0.2) is 0 Å². The highest BCUT2D eigenvalue weighted by Crippen LogP contribution is 2.34. The van der Waals surface area contributed by atoms with Crippen molar-refractivity contribution < 1.29 is 14.3 Å². The van der Waals surface area contributed by atoms with E-state index in [9.17, 15) is 9.59 Å². The van der Waals surface area contributed by atoms with Crippen molar-refractivity contribution in [3.63, 3.8) is 0 Å². The molecule has 1 N–H and O–H groups in total. The monoisotopic (exact) mass is 423 g/mol. The van der Waals surface area contributed by atoms with Crippen LogP contribution in [-0.2, 0) is 9.59 Å². The molecular formula is C26H21N3O3. The van der Waals surface area contributed by atoms with E-state index < -0.39 is 11.8 Å². The van der Waals surface area contributed by atoms with Crippen LogP contribution in [0.3, 0.4) is 0 Å². The third kappa shape index (κ3) is 3.72. The number of hydrogen-bond donors (Lipinski definition) is 1. The van der Waals surface area contributed by atoms with E-state index >= 15 is 0 Å². The minimum atomic E-state index is -0.455. The summed E-state index contributed by atoms with van der Waals surface area (Å²) in [5, 5.41) is 12.2. The van der Waals surface area contributed by atoms with Gasteiger partial charge in [-0.15, -0.1) is 0 Å². The third-order valence-electron chi connectivity index (χ3n) is 5.49. The van der Waals surface area contributed by atoms with E-state index in [-0.39, 0.29) is 5.70 Å². The molecule has 3 aromatic rings. The zero-order valence-corrected chi connectivity index (χ0v) is 18.0. The van der Waals surface area contributed by atoms with E-state index in [0.717, 1.165) is 16.0 Å². The van der Waals surface area contributed by atoms with Crippen LogP contribution >= 0.6 is 0 Å². The number of ether oxygens (including phenoxy) is 1. The SMILES string of the molecule is COc1ccc(NC2=C(c3ccc(C)c(C)c3)C(=O)N(c3ccc(C#N)cc3)C2=O)cc1. The molecule has 0 aliphatic carbocycles. The summed E-state index contributed by atoms with van der Waals surface area (Å²) in [5.74, 6) is -0.185. The molecule has 0 bridgehead atoms. The standard InChI is InChI=1S/C26H21N3O3/c1-16-4-7-19(14-17(16)2)23-24(28-20-8-12-22(32-3)13-9-20)26(31)29(25(23)30)21-10-5-18(15-27)6-11-21/h4-14,28H,1-3H3. The maximum absolute atomic E-state index is 13.5. The number of nitrogens with zero attached hydrogens (tertiary/aromatic N) is 2. The smallest absolute Gasteiger partial charge is 0.282 e. The summed E-state index contributed by atoms with van der Waals surface area (Å²) in [6, 6.07) is 21.2. The largest absolute Gasteiger partial charge is 0.497 e. The van der Waals surface area contributed by atoms with Crippen molar-refractivity contribution in [3.05, 3.63) is 94.7 Å². The Labute approximate surface area is 186 Å². The van der Waals surface area contributed by atoms with E-state index in [4.69, 9.17) is 10.00 Å². The number of nitrogens with one attached hydrogen (secondary N) is 1. The molecule has 0 spiro atoms. The first-order valence-electron chi connectivity index (χ1n) is 10.0. The molecular weight excluding hydrogens is 402 g/mol. The topological polar surface area (TPSA) is 82.4 Å². The van der Waals surface area contributed by atoms with Gasteiger partial charge in [-0.05, 0) is 79.1 Å². The summed E-state index contributed by atoms with van der Waals surface area (Å²) in [7, 11) is 1.58. The van der Waals surface area contributed by atoms with Crippen molar-refractivity contribution in [3.8, 4) is 11.8 Å². The Hall–Kier alpha value is -4.37. The molecule has 0 fully saturated rings. The first kappa shape index (κ1) is 20.9. The summed E-state index contributed by atoms with van der Waals surface area (Å²) in [5.41, 5.74) is 4.81. The Morgan fingerprint density at radius 1 is 0.875 bits per heavy atom. The normalized spacial score (nSPS) is 13.4. The minimum Gasteiger partial charge on any atom is -0.497 e. The zero-order valence-electron chi connectivity index (χ0n) is 18.0. The molecule has 2 amide bonds. The van der Waals surface area contributed by atoms with Crippen LogP contribution in [-0.4, -0.2) is 18.9 Å². The average molecular weight is 423 g/mol. The lowest BCUT2D eigenvalue weighted by molar-refractivity contribution is -0.120. The lowest BCUT2D eigenvalue weighted by Crippen LogP contribution is -2.32. The highest BCUT2D eigenvalue weighted by Gasteiger charge is 2.40. The summed E-state index contributed by atoms with van der Waals surface area (Å²) in [6.07, 6.45) is 0. The quantitative estimate of drug-likeness (QED) is 0.608. The van der Waals surface area contributed by atoms with Crippen molar-refractivity contribution in [1.29, 1.82) is 5.26 Å². The van der Waals surface area contributed by atoms with Crippen LogP contribution in [0, 0.1) is 25.2 Å². The number of methoxy groups -OCH3 is 1. The molecule has 1 aliphatic heterocycles. The second-order valence-electron chi connectivity index (χ2n) is 7.51. The second kappa shape index (κ2) is 8.40. The molecule has 0 unspecified atom stereocenters. The number of benzene rings is 3. The van der Waals surface area contributed by atoms with E-state index in [2.05, 4.69) is 5.32 Å². The van der Waals surface area contributed by atoms with E-state index in [0.29, 0.717) is 33.8 Å². The summed E-state index contributed by atoms with van der Waals surface area (Å²) < 4.78 is 5.19. The lowest BCUT2D eigenvalue weighted by Gasteiger charge is -2.15. The first-order chi connectivity index (χ1) is 15.4. The van der Waals surface area contributed by atoms with Gasteiger partial charge in [-0.2, -0.15) is 5.26 Å². The van der Waals surface area contributed by atoms with E-state index in [1.54, 1.807) is 55.6 Å². The van der Waals surface area contributed by atoms with Crippen LogP contribution in [0.15, 0.2) is 72.4 Å². The number of hydrogen-bond acceptors (Lipinski definition) is 5. The van der Waals surface area contributed by atoms with Gasteiger partial charge in [0.1, 0.15) is 11.4 Å². The molecule has 3 aromatic carbocycles. The lowest BCUT2D eigenvalue weighted by atomic mass is 9.99. The second-order valence-corrected chi connectivity index (χ2v) is 7.51.